The third-order valence-electron chi connectivity index (χ3n) is 4.77. The molecule has 7 heteroatoms. The Balaban J connectivity index is 1.58. The largest absolute Gasteiger partial charge is 0.493 e. The third-order valence-corrected chi connectivity index (χ3v) is 4.77. The zero-order valence-electron chi connectivity index (χ0n) is 15.6. The number of carbonyl (C=O) groups excluding carboxylic acids is 1. The Morgan fingerprint density at radius 2 is 2.00 bits per heavy atom. The van der Waals surface area contributed by atoms with E-state index in [2.05, 4.69) is 10.2 Å². The van der Waals surface area contributed by atoms with Crippen molar-refractivity contribution in [3.05, 3.63) is 59.7 Å². The molecule has 1 fully saturated rings. The molecule has 0 radical (unpaired) electrons. The van der Waals surface area contributed by atoms with Gasteiger partial charge in [-0.1, -0.05) is 24.3 Å². The smallest absolute Gasteiger partial charge is 0.419 e. The van der Waals surface area contributed by atoms with Crippen LogP contribution in [0.2, 0.25) is 0 Å². The van der Waals surface area contributed by atoms with Crippen LogP contribution in [0.15, 0.2) is 48.5 Å². The van der Waals surface area contributed by atoms with Crippen molar-refractivity contribution in [2.24, 2.45) is 5.92 Å². The van der Waals surface area contributed by atoms with E-state index in [-0.39, 0.29) is 24.2 Å². The molecule has 0 saturated carbocycles. The molecule has 0 aromatic heterocycles. The molecule has 1 amide bonds. The fourth-order valence-corrected chi connectivity index (χ4v) is 3.33. The van der Waals surface area contributed by atoms with Crippen LogP contribution in [-0.4, -0.2) is 25.6 Å². The minimum absolute atomic E-state index is 0.0806. The van der Waals surface area contributed by atoms with Crippen molar-refractivity contribution in [3.8, 4) is 5.75 Å². The second-order valence-electron chi connectivity index (χ2n) is 6.99. The van der Waals surface area contributed by atoms with Crippen LogP contribution >= 0.6 is 0 Å². The summed E-state index contributed by atoms with van der Waals surface area (Å²) >= 11 is 0. The maximum absolute atomic E-state index is 13.1. The molecule has 0 aliphatic carbocycles. The van der Waals surface area contributed by atoms with E-state index in [1.165, 1.54) is 19.1 Å². The molecule has 2 aromatic rings. The molecule has 4 nitrogen and oxygen atoms in total. The summed E-state index contributed by atoms with van der Waals surface area (Å²) < 4.78 is 44.7. The molecule has 1 atom stereocenters. The minimum atomic E-state index is -4.42. The van der Waals surface area contributed by atoms with Gasteiger partial charge >= 0.3 is 6.18 Å². The Morgan fingerprint density at radius 3 is 2.75 bits per heavy atom. The lowest BCUT2D eigenvalue weighted by molar-refractivity contribution is -0.139. The average Bonchev–Trinajstić information content (AvgIpc) is 3.13. The van der Waals surface area contributed by atoms with Crippen LogP contribution in [0.3, 0.4) is 0 Å². The van der Waals surface area contributed by atoms with E-state index in [4.69, 9.17) is 4.74 Å². The van der Waals surface area contributed by atoms with Crippen LogP contribution in [-0.2, 0) is 17.5 Å². The zero-order chi connectivity index (χ0) is 20.1. The molecular formula is C21H23F3N2O2. The van der Waals surface area contributed by atoms with Gasteiger partial charge < -0.3 is 15.0 Å². The fourth-order valence-electron chi connectivity index (χ4n) is 3.33. The minimum Gasteiger partial charge on any atom is -0.493 e. The summed E-state index contributed by atoms with van der Waals surface area (Å²) in [7, 11) is 0. The predicted molar refractivity (Wildman–Crippen MR) is 101 cm³/mol. The maximum Gasteiger partial charge on any atom is 0.419 e. The Bertz CT molecular complexity index is 823. The number of hydrogen-bond acceptors (Lipinski definition) is 3. The van der Waals surface area contributed by atoms with Gasteiger partial charge in [0.25, 0.3) is 0 Å². The first-order chi connectivity index (χ1) is 13.3. The van der Waals surface area contributed by atoms with Crippen molar-refractivity contribution in [1.29, 1.82) is 0 Å². The van der Waals surface area contributed by atoms with Gasteiger partial charge in [0.05, 0.1) is 12.2 Å². The Morgan fingerprint density at radius 1 is 1.21 bits per heavy atom. The first-order valence-electron chi connectivity index (χ1n) is 9.20. The number of para-hydroxylation sites is 1. The number of rotatable bonds is 6. The molecule has 1 saturated heterocycles. The van der Waals surface area contributed by atoms with Gasteiger partial charge in [-0.05, 0) is 36.2 Å². The molecule has 1 N–H and O–H groups in total. The van der Waals surface area contributed by atoms with Gasteiger partial charge in [-0.3, -0.25) is 4.79 Å². The molecule has 150 valence electrons. The summed E-state index contributed by atoms with van der Waals surface area (Å²) in [6.45, 7) is 3.73. The van der Waals surface area contributed by atoms with E-state index in [0.717, 1.165) is 36.8 Å². The highest BCUT2D eigenvalue weighted by Crippen LogP contribution is 2.36. The Labute approximate surface area is 162 Å². The SMILES string of the molecule is CC(=O)NCc1cccc(N2CCC(COc3ccccc3C(F)(F)F)C2)c1. The average molecular weight is 392 g/mol. The van der Waals surface area contributed by atoms with E-state index in [1.807, 2.05) is 24.3 Å². The molecule has 0 spiro atoms. The van der Waals surface area contributed by atoms with E-state index >= 15 is 0 Å². The fraction of sp³-hybridized carbons (Fsp3) is 0.381. The summed E-state index contributed by atoms with van der Waals surface area (Å²) in [6.07, 6.45) is -3.57. The van der Waals surface area contributed by atoms with Gasteiger partial charge in [0.2, 0.25) is 5.91 Å². The Kier molecular flexibility index (Phi) is 6.11. The van der Waals surface area contributed by atoms with Crippen LogP contribution < -0.4 is 15.0 Å². The van der Waals surface area contributed by atoms with Crippen LogP contribution in [0, 0.1) is 5.92 Å². The van der Waals surface area contributed by atoms with E-state index in [1.54, 1.807) is 6.07 Å². The predicted octanol–water partition coefficient (Wildman–Crippen LogP) is 4.25. The number of alkyl halides is 3. The van der Waals surface area contributed by atoms with Crippen molar-refractivity contribution in [3.63, 3.8) is 0 Å². The molecule has 0 bridgehead atoms. The van der Waals surface area contributed by atoms with E-state index in [9.17, 15) is 18.0 Å². The number of benzene rings is 2. The number of hydrogen-bond donors (Lipinski definition) is 1. The molecule has 1 aliphatic rings. The maximum atomic E-state index is 13.1. The van der Waals surface area contributed by atoms with Crippen molar-refractivity contribution < 1.29 is 22.7 Å². The molecule has 1 heterocycles. The van der Waals surface area contributed by atoms with Gasteiger partial charge in [-0.15, -0.1) is 0 Å². The second-order valence-corrected chi connectivity index (χ2v) is 6.99. The standard InChI is InChI=1S/C21H23F3N2O2/c1-15(27)25-12-16-5-4-6-18(11-16)26-10-9-17(13-26)14-28-20-8-3-2-7-19(20)21(22,23)24/h2-8,11,17H,9-10,12-14H2,1H3,(H,25,27). The first kappa shape index (κ1) is 20.0. The lowest BCUT2D eigenvalue weighted by Crippen LogP contribution is -2.23. The van der Waals surface area contributed by atoms with Crippen LogP contribution in [0.4, 0.5) is 18.9 Å². The van der Waals surface area contributed by atoms with Crippen molar-refractivity contribution >= 4 is 11.6 Å². The highest BCUT2D eigenvalue weighted by molar-refractivity contribution is 5.72. The summed E-state index contributed by atoms with van der Waals surface area (Å²) in [5.41, 5.74) is 1.31. The molecule has 2 aromatic carbocycles. The number of ether oxygens (including phenoxy) is 1. The lowest BCUT2D eigenvalue weighted by atomic mass is 10.1. The quantitative estimate of drug-likeness (QED) is 0.799. The second kappa shape index (κ2) is 8.54. The highest BCUT2D eigenvalue weighted by atomic mass is 19.4. The summed E-state index contributed by atoms with van der Waals surface area (Å²) in [5.74, 6) is -0.0472. The van der Waals surface area contributed by atoms with Crippen molar-refractivity contribution in [2.45, 2.75) is 26.1 Å². The van der Waals surface area contributed by atoms with Crippen LogP contribution in [0.5, 0.6) is 5.75 Å². The highest BCUT2D eigenvalue weighted by Gasteiger charge is 2.34. The first-order valence-corrected chi connectivity index (χ1v) is 9.20. The zero-order valence-corrected chi connectivity index (χ0v) is 15.6. The van der Waals surface area contributed by atoms with E-state index < -0.39 is 11.7 Å². The number of nitrogens with one attached hydrogen (secondary N) is 1. The van der Waals surface area contributed by atoms with Gasteiger partial charge in [-0.2, -0.15) is 13.2 Å². The van der Waals surface area contributed by atoms with Gasteiger partial charge in [0.1, 0.15) is 5.75 Å². The van der Waals surface area contributed by atoms with Gasteiger partial charge in [0, 0.05) is 38.2 Å². The molecule has 3 rings (SSSR count). The Hall–Kier alpha value is -2.70. The number of anilines is 1. The van der Waals surface area contributed by atoms with Crippen molar-refractivity contribution in [1.82, 2.24) is 5.32 Å². The lowest BCUT2D eigenvalue weighted by Gasteiger charge is -2.20. The number of nitrogens with zero attached hydrogens (tertiary/aromatic N) is 1. The third kappa shape index (κ3) is 5.18. The number of amides is 1. The number of carbonyl (C=O) groups is 1. The van der Waals surface area contributed by atoms with Gasteiger partial charge in [-0.25, -0.2) is 0 Å². The number of halogens is 3. The van der Waals surface area contributed by atoms with Crippen LogP contribution in [0.1, 0.15) is 24.5 Å². The summed E-state index contributed by atoms with van der Waals surface area (Å²) in [5, 5.41) is 2.77. The topological polar surface area (TPSA) is 41.6 Å². The molecule has 1 unspecified atom stereocenters. The van der Waals surface area contributed by atoms with E-state index in [0.29, 0.717) is 6.54 Å². The van der Waals surface area contributed by atoms with Crippen molar-refractivity contribution in [2.75, 3.05) is 24.6 Å². The summed E-state index contributed by atoms with van der Waals surface area (Å²) in [6, 6.07) is 13.2. The normalized spacial score (nSPS) is 16.9. The molecule has 1 aliphatic heterocycles. The monoisotopic (exact) mass is 392 g/mol. The summed E-state index contributed by atoms with van der Waals surface area (Å²) in [4.78, 5) is 13.3. The van der Waals surface area contributed by atoms with Crippen LogP contribution in [0.25, 0.3) is 0 Å². The molecule has 28 heavy (non-hydrogen) atoms. The van der Waals surface area contributed by atoms with Gasteiger partial charge in [0.15, 0.2) is 0 Å². The molecular weight excluding hydrogens is 369 g/mol.